The molecule has 1 aliphatic rings. The highest BCUT2D eigenvalue weighted by Gasteiger charge is 2.23. The second-order valence-corrected chi connectivity index (χ2v) is 3.88. The molecule has 2 heterocycles. The second kappa shape index (κ2) is 3.90. The molecule has 1 amide bonds. The van der Waals surface area contributed by atoms with Gasteiger partial charge in [0.2, 0.25) is 0 Å². The van der Waals surface area contributed by atoms with Gasteiger partial charge in [0.25, 0.3) is 5.91 Å². The van der Waals surface area contributed by atoms with Crippen molar-refractivity contribution in [2.24, 2.45) is 0 Å². The zero-order valence-electron chi connectivity index (χ0n) is 9.05. The molecule has 1 aliphatic heterocycles. The van der Waals surface area contributed by atoms with Crippen LogP contribution in [0.3, 0.4) is 0 Å². The van der Waals surface area contributed by atoms with Crippen LogP contribution in [0.15, 0.2) is 48.8 Å². The maximum absolute atomic E-state index is 11.9. The van der Waals surface area contributed by atoms with Gasteiger partial charge in [-0.15, -0.1) is 0 Å². The number of nitrogens with zero attached hydrogens (tertiary/aromatic N) is 1. The van der Waals surface area contributed by atoms with Gasteiger partial charge in [0.15, 0.2) is 0 Å². The molecule has 0 radical (unpaired) electrons. The number of anilines is 1. The van der Waals surface area contributed by atoms with Crippen LogP contribution in [0, 0.1) is 0 Å². The number of carbonyl (C=O) groups excluding carboxylic acids is 1. The first-order valence-electron chi connectivity index (χ1n) is 5.41. The van der Waals surface area contributed by atoms with E-state index in [1.165, 1.54) is 0 Å². The molecule has 3 rings (SSSR count). The predicted octanol–water partition coefficient (Wildman–Crippen LogP) is 1.94. The molecule has 0 aliphatic carbocycles. The van der Waals surface area contributed by atoms with Crippen molar-refractivity contribution in [3.05, 3.63) is 59.9 Å². The maximum atomic E-state index is 11.9. The first kappa shape index (κ1) is 9.84. The molecule has 0 spiro atoms. The molecule has 1 aromatic carbocycles. The van der Waals surface area contributed by atoms with Gasteiger partial charge in [-0.1, -0.05) is 18.2 Å². The predicted molar refractivity (Wildman–Crippen MR) is 64.5 cm³/mol. The Morgan fingerprint density at radius 2 is 1.94 bits per heavy atom. The number of benzene rings is 1. The van der Waals surface area contributed by atoms with Gasteiger partial charge in [-0.25, -0.2) is 0 Å². The molecule has 4 nitrogen and oxygen atoms in total. The van der Waals surface area contributed by atoms with Crippen molar-refractivity contribution >= 4 is 11.6 Å². The van der Waals surface area contributed by atoms with Crippen molar-refractivity contribution in [3.8, 4) is 0 Å². The highest BCUT2D eigenvalue weighted by Crippen LogP contribution is 2.25. The standard InChI is InChI=1S/C13H11N3O/c17-13-10-5-1-2-6-11(10)15-12(16-13)9-4-3-7-14-8-9/h1-8,12,15H,(H,16,17)/t12-/m0/s1. The van der Waals surface area contributed by atoms with E-state index in [1.54, 1.807) is 18.5 Å². The summed E-state index contributed by atoms with van der Waals surface area (Å²) in [5.74, 6) is -0.0618. The number of para-hydroxylation sites is 1. The number of aromatic nitrogens is 1. The Bertz CT molecular complexity index is 554. The zero-order valence-corrected chi connectivity index (χ0v) is 9.05. The van der Waals surface area contributed by atoms with Crippen LogP contribution in [0.4, 0.5) is 5.69 Å². The number of fused-ring (bicyclic) bond motifs is 1. The van der Waals surface area contributed by atoms with E-state index in [2.05, 4.69) is 15.6 Å². The third kappa shape index (κ3) is 1.73. The Labute approximate surface area is 98.7 Å². The Morgan fingerprint density at radius 3 is 2.76 bits per heavy atom. The molecule has 0 saturated heterocycles. The first-order chi connectivity index (χ1) is 8.34. The third-order valence-electron chi connectivity index (χ3n) is 2.76. The molecule has 17 heavy (non-hydrogen) atoms. The number of hydrogen-bond acceptors (Lipinski definition) is 3. The van der Waals surface area contributed by atoms with E-state index in [0.717, 1.165) is 11.3 Å². The summed E-state index contributed by atoms with van der Waals surface area (Å²) in [6.45, 7) is 0. The van der Waals surface area contributed by atoms with Crippen molar-refractivity contribution in [2.75, 3.05) is 5.32 Å². The second-order valence-electron chi connectivity index (χ2n) is 3.88. The largest absolute Gasteiger partial charge is 0.361 e. The van der Waals surface area contributed by atoms with E-state index in [0.29, 0.717) is 5.56 Å². The molecule has 84 valence electrons. The van der Waals surface area contributed by atoms with Crippen LogP contribution in [-0.2, 0) is 0 Å². The molecular weight excluding hydrogens is 214 g/mol. The summed E-state index contributed by atoms with van der Waals surface area (Å²) in [7, 11) is 0. The third-order valence-corrected chi connectivity index (χ3v) is 2.76. The van der Waals surface area contributed by atoms with Crippen LogP contribution < -0.4 is 10.6 Å². The summed E-state index contributed by atoms with van der Waals surface area (Å²) >= 11 is 0. The Kier molecular flexibility index (Phi) is 2.26. The fraction of sp³-hybridized carbons (Fsp3) is 0.0769. The summed E-state index contributed by atoms with van der Waals surface area (Å²) in [6, 6.07) is 11.2. The molecule has 0 bridgehead atoms. The number of hydrogen-bond donors (Lipinski definition) is 2. The van der Waals surface area contributed by atoms with Crippen LogP contribution in [0.1, 0.15) is 22.1 Å². The van der Waals surface area contributed by atoms with Crippen LogP contribution in [-0.4, -0.2) is 10.9 Å². The first-order valence-corrected chi connectivity index (χ1v) is 5.41. The highest BCUT2D eigenvalue weighted by molar-refractivity contribution is 6.01. The lowest BCUT2D eigenvalue weighted by atomic mass is 10.1. The SMILES string of the molecule is O=C1N[C@@H](c2cccnc2)Nc2ccccc21. The van der Waals surface area contributed by atoms with Crippen molar-refractivity contribution in [1.29, 1.82) is 0 Å². The van der Waals surface area contributed by atoms with Crippen molar-refractivity contribution in [2.45, 2.75) is 6.17 Å². The number of amides is 1. The van der Waals surface area contributed by atoms with Gasteiger partial charge in [-0.3, -0.25) is 9.78 Å². The van der Waals surface area contributed by atoms with E-state index in [-0.39, 0.29) is 12.1 Å². The molecule has 1 atom stereocenters. The molecule has 4 heteroatoms. The summed E-state index contributed by atoms with van der Waals surface area (Å²) in [5, 5.41) is 6.17. The van der Waals surface area contributed by atoms with Gasteiger partial charge in [-0.05, 0) is 18.2 Å². The minimum absolute atomic E-state index is 0.0618. The van der Waals surface area contributed by atoms with Crippen molar-refractivity contribution in [3.63, 3.8) is 0 Å². The summed E-state index contributed by atoms with van der Waals surface area (Å²) in [5.41, 5.74) is 2.47. The lowest BCUT2D eigenvalue weighted by molar-refractivity contribution is 0.0935. The lowest BCUT2D eigenvalue weighted by Crippen LogP contribution is -2.38. The minimum Gasteiger partial charge on any atom is -0.361 e. The van der Waals surface area contributed by atoms with E-state index < -0.39 is 0 Å². The fourth-order valence-electron chi connectivity index (χ4n) is 1.92. The molecule has 2 aromatic rings. The van der Waals surface area contributed by atoms with Crippen molar-refractivity contribution in [1.82, 2.24) is 10.3 Å². The van der Waals surface area contributed by atoms with Gasteiger partial charge >= 0.3 is 0 Å². The van der Waals surface area contributed by atoms with E-state index >= 15 is 0 Å². The monoisotopic (exact) mass is 225 g/mol. The van der Waals surface area contributed by atoms with Gasteiger partial charge < -0.3 is 10.6 Å². The van der Waals surface area contributed by atoms with E-state index in [1.807, 2.05) is 30.3 Å². The summed E-state index contributed by atoms with van der Waals surface area (Å²) < 4.78 is 0. The van der Waals surface area contributed by atoms with E-state index in [4.69, 9.17) is 0 Å². The number of rotatable bonds is 1. The highest BCUT2D eigenvalue weighted by atomic mass is 16.2. The van der Waals surface area contributed by atoms with Crippen LogP contribution in [0.25, 0.3) is 0 Å². The summed E-state index contributed by atoms with van der Waals surface area (Å²) in [4.78, 5) is 15.9. The average Bonchev–Trinajstić information content (AvgIpc) is 2.40. The fourth-order valence-corrected chi connectivity index (χ4v) is 1.92. The number of carbonyl (C=O) groups is 1. The zero-order chi connectivity index (χ0) is 11.7. The topological polar surface area (TPSA) is 54.0 Å². The Balaban J connectivity index is 1.97. The molecule has 0 fully saturated rings. The Hall–Kier alpha value is -2.36. The normalized spacial score (nSPS) is 17.9. The van der Waals surface area contributed by atoms with Crippen molar-refractivity contribution < 1.29 is 4.79 Å². The molecule has 0 unspecified atom stereocenters. The smallest absolute Gasteiger partial charge is 0.255 e. The van der Waals surface area contributed by atoms with Gasteiger partial charge in [-0.2, -0.15) is 0 Å². The lowest BCUT2D eigenvalue weighted by Gasteiger charge is -2.27. The van der Waals surface area contributed by atoms with Crippen LogP contribution >= 0.6 is 0 Å². The molecule has 0 saturated carbocycles. The average molecular weight is 225 g/mol. The van der Waals surface area contributed by atoms with Gasteiger partial charge in [0.05, 0.1) is 5.56 Å². The maximum Gasteiger partial charge on any atom is 0.255 e. The van der Waals surface area contributed by atoms with Crippen LogP contribution in [0.5, 0.6) is 0 Å². The molecule has 2 N–H and O–H groups in total. The van der Waals surface area contributed by atoms with E-state index in [9.17, 15) is 4.79 Å². The number of pyridine rings is 1. The molecular formula is C13H11N3O. The minimum atomic E-state index is -0.217. The van der Waals surface area contributed by atoms with Crippen LogP contribution in [0.2, 0.25) is 0 Å². The van der Waals surface area contributed by atoms with Gasteiger partial charge in [0.1, 0.15) is 6.17 Å². The quantitative estimate of drug-likeness (QED) is 0.779. The molecule has 1 aromatic heterocycles. The number of nitrogens with one attached hydrogen (secondary N) is 2. The van der Waals surface area contributed by atoms with Gasteiger partial charge in [0, 0.05) is 23.6 Å². The summed E-state index contributed by atoms with van der Waals surface area (Å²) in [6.07, 6.45) is 3.24. The Morgan fingerprint density at radius 1 is 1.06 bits per heavy atom.